The first kappa shape index (κ1) is 10.7. The van der Waals surface area contributed by atoms with Crippen LogP contribution in [-0.2, 0) is 0 Å². The number of aliphatic hydroxyl groups is 1. The summed E-state index contributed by atoms with van der Waals surface area (Å²) in [5.74, 6) is 0.338. The average Bonchev–Trinajstić information content (AvgIpc) is 3.07. The van der Waals surface area contributed by atoms with Crippen LogP contribution >= 0.6 is 11.6 Å². The van der Waals surface area contributed by atoms with Crippen molar-refractivity contribution in [1.29, 1.82) is 0 Å². The zero-order valence-corrected chi connectivity index (χ0v) is 9.75. The molecule has 6 heteroatoms. The first-order chi connectivity index (χ1) is 8.25. The van der Waals surface area contributed by atoms with E-state index in [1.54, 1.807) is 24.7 Å². The molecule has 88 valence electrons. The van der Waals surface area contributed by atoms with Gasteiger partial charge >= 0.3 is 0 Å². The number of rotatable bonds is 3. The van der Waals surface area contributed by atoms with E-state index in [4.69, 9.17) is 11.6 Å². The average molecular weight is 251 g/mol. The fourth-order valence-electron chi connectivity index (χ4n) is 1.72. The molecule has 0 aliphatic heterocycles. The molecule has 0 saturated heterocycles. The highest BCUT2D eigenvalue weighted by molar-refractivity contribution is 6.32. The molecule has 1 N–H and O–H groups in total. The standard InChI is InChI=1S/C11H11ClN4O/c12-8-3-4-13-5-10(8)16-6-9(14-15-16)11(17)7-1-2-7/h3-7,11,17H,1-2H2/t11-/m1/s1. The summed E-state index contributed by atoms with van der Waals surface area (Å²) in [6.07, 6.45) is 6.53. The van der Waals surface area contributed by atoms with Crippen molar-refractivity contribution in [2.75, 3.05) is 0 Å². The van der Waals surface area contributed by atoms with E-state index in [0.29, 0.717) is 22.3 Å². The van der Waals surface area contributed by atoms with Crippen LogP contribution in [0.3, 0.4) is 0 Å². The summed E-state index contributed by atoms with van der Waals surface area (Å²) in [5.41, 5.74) is 1.25. The van der Waals surface area contributed by atoms with Gasteiger partial charge in [-0.05, 0) is 24.8 Å². The van der Waals surface area contributed by atoms with Gasteiger partial charge in [-0.15, -0.1) is 5.10 Å². The number of nitrogens with zero attached hydrogens (tertiary/aromatic N) is 4. The van der Waals surface area contributed by atoms with Crippen molar-refractivity contribution < 1.29 is 5.11 Å². The third kappa shape index (κ3) is 2.03. The van der Waals surface area contributed by atoms with Crippen molar-refractivity contribution in [3.8, 4) is 5.69 Å². The van der Waals surface area contributed by atoms with Gasteiger partial charge in [0.05, 0.1) is 17.4 Å². The lowest BCUT2D eigenvalue weighted by atomic mass is 10.2. The molecule has 1 fully saturated rings. The molecular weight excluding hydrogens is 240 g/mol. The SMILES string of the molecule is O[C@@H](c1cn(-c2cnccc2Cl)nn1)C1CC1. The monoisotopic (exact) mass is 250 g/mol. The lowest BCUT2D eigenvalue weighted by molar-refractivity contribution is 0.149. The Labute approximate surface area is 103 Å². The van der Waals surface area contributed by atoms with Gasteiger partial charge < -0.3 is 5.11 Å². The van der Waals surface area contributed by atoms with Crippen LogP contribution in [0.15, 0.2) is 24.7 Å². The highest BCUT2D eigenvalue weighted by Gasteiger charge is 2.32. The van der Waals surface area contributed by atoms with E-state index in [0.717, 1.165) is 12.8 Å². The molecule has 0 bridgehead atoms. The van der Waals surface area contributed by atoms with E-state index in [1.165, 1.54) is 4.68 Å². The van der Waals surface area contributed by atoms with Crippen LogP contribution in [0.4, 0.5) is 0 Å². The molecule has 5 nitrogen and oxygen atoms in total. The van der Waals surface area contributed by atoms with Crippen LogP contribution in [-0.4, -0.2) is 25.1 Å². The Kier molecular flexibility index (Phi) is 2.57. The van der Waals surface area contributed by atoms with Gasteiger partial charge in [-0.25, -0.2) is 4.68 Å². The summed E-state index contributed by atoms with van der Waals surface area (Å²) in [6.45, 7) is 0. The molecule has 0 spiro atoms. The van der Waals surface area contributed by atoms with Crippen LogP contribution in [0.1, 0.15) is 24.6 Å². The minimum absolute atomic E-state index is 0.338. The molecule has 0 unspecified atom stereocenters. The number of aromatic nitrogens is 4. The molecule has 2 aromatic rings. The molecule has 0 amide bonds. The number of hydrogen-bond donors (Lipinski definition) is 1. The third-order valence-corrected chi connectivity index (χ3v) is 3.20. The van der Waals surface area contributed by atoms with E-state index in [9.17, 15) is 5.11 Å². The van der Waals surface area contributed by atoms with Crippen LogP contribution < -0.4 is 0 Å². The highest BCUT2D eigenvalue weighted by Crippen LogP contribution is 2.40. The molecule has 1 saturated carbocycles. The Morgan fingerprint density at radius 3 is 3.00 bits per heavy atom. The van der Waals surface area contributed by atoms with Crippen molar-refractivity contribution in [2.24, 2.45) is 5.92 Å². The molecular formula is C11H11ClN4O. The van der Waals surface area contributed by atoms with E-state index in [-0.39, 0.29) is 0 Å². The summed E-state index contributed by atoms with van der Waals surface area (Å²) < 4.78 is 1.54. The predicted molar refractivity (Wildman–Crippen MR) is 61.8 cm³/mol. The molecule has 1 aliphatic rings. The van der Waals surface area contributed by atoms with Gasteiger partial charge in [-0.1, -0.05) is 16.8 Å². The highest BCUT2D eigenvalue weighted by atomic mass is 35.5. The number of halogens is 1. The van der Waals surface area contributed by atoms with Crippen LogP contribution in [0.2, 0.25) is 5.02 Å². The Balaban J connectivity index is 1.92. The topological polar surface area (TPSA) is 63.8 Å². The second-order valence-electron chi connectivity index (χ2n) is 4.20. The van der Waals surface area contributed by atoms with Gasteiger partial charge in [0.2, 0.25) is 0 Å². The fourth-order valence-corrected chi connectivity index (χ4v) is 1.91. The lowest BCUT2D eigenvalue weighted by Crippen LogP contribution is -1.99. The van der Waals surface area contributed by atoms with Gasteiger partial charge in [0.1, 0.15) is 17.5 Å². The van der Waals surface area contributed by atoms with Gasteiger partial charge in [-0.2, -0.15) is 0 Å². The lowest BCUT2D eigenvalue weighted by Gasteiger charge is -2.03. The molecule has 2 aromatic heterocycles. The van der Waals surface area contributed by atoms with Gasteiger partial charge in [0.15, 0.2) is 0 Å². The number of hydrogen-bond acceptors (Lipinski definition) is 4. The summed E-state index contributed by atoms with van der Waals surface area (Å²) in [7, 11) is 0. The Morgan fingerprint density at radius 2 is 2.29 bits per heavy atom. The van der Waals surface area contributed by atoms with Gasteiger partial charge in [0.25, 0.3) is 0 Å². The molecule has 0 aromatic carbocycles. The van der Waals surface area contributed by atoms with E-state index >= 15 is 0 Å². The first-order valence-electron chi connectivity index (χ1n) is 5.46. The predicted octanol–water partition coefficient (Wildman–Crippen LogP) is 1.76. The molecule has 17 heavy (non-hydrogen) atoms. The maximum absolute atomic E-state index is 9.93. The molecule has 1 atom stereocenters. The maximum Gasteiger partial charge on any atom is 0.112 e. The quantitative estimate of drug-likeness (QED) is 0.902. The Morgan fingerprint density at radius 1 is 1.47 bits per heavy atom. The summed E-state index contributed by atoms with van der Waals surface area (Å²) in [6, 6.07) is 1.69. The van der Waals surface area contributed by atoms with E-state index in [2.05, 4.69) is 15.3 Å². The van der Waals surface area contributed by atoms with Gasteiger partial charge in [-0.3, -0.25) is 4.98 Å². The largest absolute Gasteiger partial charge is 0.386 e. The summed E-state index contributed by atoms with van der Waals surface area (Å²) in [4.78, 5) is 3.99. The van der Waals surface area contributed by atoms with E-state index in [1.807, 2.05) is 0 Å². The zero-order valence-electron chi connectivity index (χ0n) is 8.99. The molecule has 2 heterocycles. The van der Waals surface area contributed by atoms with Crippen LogP contribution in [0.25, 0.3) is 5.69 Å². The fraction of sp³-hybridized carbons (Fsp3) is 0.364. The smallest absolute Gasteiger partial charge is 0.112 e. The first-order valence-corrected chi connectivity index (χ1v) is 5.83. The van der Waals surface area contributed by atoms with Crippen molar-refractivity contribution in [2.45, 2.75) is 18.9 Å². The summed E-state index contributed by atoms with van der Waals surface area (Å²) in [5, 5.41) is 18.4. The normalized spacial score (nSPS) is 17.1. The molecule has 0 radical (unpaired) electrons. The van der Waals surface area contributed by atoms with Gasteiger partial charge in [0, 0.05) is 6.20 Å². The second-order valence-corrected chi connectivity index (χ2v) is 4.60. The van der Waals surface area contributed by atoms with Crippen LogP contribution in [0.5, 0.6) is 0 Å². The zero-order chi connectivity index (χ0) is 11.8. The second kappa shape index (κ2) is 4.09. The third-order valence-electron chi connectivity index (χ3n) is 2.88. The number of aliphatic hydroxyl groups excluding tert-OH is 1. The summed E-state index contributed by atoms with van der Waals surface area (Å²) >= 11 is 6.03. The maximum atomic E-state index is 9.93. The Hall–Kier alpha value is -1.46. The molecule has 1 aliphatic carbocycles. The van der Waals surface area contributed by atoms with Crippen molar-refractivity contribution >= 4 is 11.6 Å². The molecule has 3 rings (SSSR count). The number of pyridine rings is 1. The van der Waals surface area contributed by atoms with Crippen molar-refractivity contribution in [3.05, 3.63) is 35.4 Å². The minimum atomic E-state index is -0.515. The van der Waals surface area contributed by atoms with Crippen molar-refractivity contribution in [3.63, 3.8) is 0 Å². The Bertz CT molecular complexity index is 538. The van der Waals surface area contributed by atoms with Crippen LogP contribution in [0, 0.1) is 5.92 Å². The van der Waals surface area contributed by atoms with E-state index < -0.39 is 6.10 Å². The van der Waals surface area contributed by atoms with Crippen molar-refractivity contribution in [1.82, 2.24) is 20.0 Å². The minimum Gasteiger partial charge on any atom is -0.386 e.